The lowest BCUT2D eigenvalue weighted by Crippen LogP contribution is -2.37. The molecule has 0 spiro atoms. The average molecular weight is 507 g/mol. The van der Waals surface area contributed by atoms with Crippen LogP contribution in [0.4, 0.5) is 11.6 Å². The van der Waals surface area contributed by atoms with Gasteiger partial charge in [0.25, 0.3) is 0 Å². The highest BCUT2D eigenvalue weighted by Crippen LogP contribution is 2.20. The first-order valence-electron chi connectivity index (χ1n) is 13.2. The highest BCUT2D eigenvalue weighted by molar-refractivity contribution is 5.76. The lowest BCUT2D eigenvalue weighted by molar-refractivity contribution is -0.138. The van der Waals surface area contributed by atoms with Crippen LogP contribution in [-0.4, -0.2) is 72.9 Å². The molecule has 3 aromatic rings. The number of unbranched alkanes of at least 4 members (excludes halogenated alkanes) is 1. The number of carbonyl (C=O) groups is 1. The van der Waals surface area contributed by atoms with E-state index in [9.17, 15) is 9.90 Å². The Kier molecular flexibility index (Phi) is 9.42. The molecule has 0 amide bonds. The van der Waals surface area contributed by atoms with Crippen molar-refractivity contribution < 1.29 is 9.90 Å². The van der Waals surface area contributed by atoms with E-state index in [4.69, 9.17) is 4.98 Å². The first kappa shape index (κ1) is 26.5. The Morgan fingerprint density at radius 3 is 2.86 bits per heavy atom. The van der Waals surface area contributed by atoms with E-state index >= 15 is 0 Å². The van der Waals surface area contributed by atoms with Gasteiger partial charge in [0.05, 0.1) is 12.2 Å². The third-order valence-electron chi connectivity index (χ3n) is 6.78. The van der Waals surface area contributed by atoms with Crippen molar-refractivity contribution in [3.05, 3.63) is 59.4 Å². The van der Waals surface area contributed by atoms with Crippen LogP contribution in [0.15, 0.2) is 36.8 Å². The minimum absolute atomic E-state index is 0.467. The van der Waals surface area contributed by atoms with E-state index in [0.29, 0.717) is 18.8 Å². The smallest absolute Gasteiger partial charge is 0.326 e. The molecule has 198 valence electrons. The zero-order valence-corrected chi connectivity index (χ0v) is 21.9. The van der Waals surface area contributed by atoms with Crippen molar-refractivity contribution in [2.75, 3.05) is 36.8 Å². The van der Waals surface area contributed by atoms with Gasteiger partial charge in [-0.15, -0.1) is 0 Å². The summed E-state index contributed by atoms with van der Waals surface area (Å²) in [5, 5.41) is 20.8. The predicted molar refractivity (Wildman–Crippen MR) is 144 cm³/mol. The van der Waals surface area contributed by atoms with Crippen molar-refractivity contribution in [1.82, 2.24) is 29.6 Å². The lowest BCUT2D eigenvalue weighted by atomic mass is 10.1. The highest BCUT2D eigenvalue weighted by Gasteiger charge is 2.19. The molecule has 4 rings (SSSR count). The van der Waals surface area contributed by atoms with Crippen LogP contribution < -0.4 is 10.6 Å². The van der Waals surface area contributed by atoms with Gasteiger partial charge >= 0.3 is 5.97 Å². The summed E-state index contributed by atoms with van der Waals surface area (Å²) in [5.41, 5.74) is 4.59. The summed E-state index contributed by atoms with van der Waals surface area (Å²) < 4.78 is 2.03. The molecule has 10 heteroatoms. The van der Waals surface area contributed by atoms with Gasteiger partial charge in [0.1, 0.15) is 24.0 Å². The number of hydrogen-bond donors (Lipinski definition) is 3. The van der Waals surface area contributed by atoms with Crippen LogP contribution in [0.5, 0.6) is 0 Å². The van der Waals surface area contributed by atoms with Crippen LogP contribution in [0.25, 0.3) is 0 Å². The maximum atomic E-state index is 11.9. The zero-order valence-electron chi connectivity index (χ0n) is 21.9. The Hall–Kier alpha value is -3.53. The van der Waals surface area contributed by atoms with Gasteiger partial charge in [0, 0.05) is 37.2 Å². The molecule has 1 unspecified atom stereocenters. The lowest BCUT2D eigenvalue weighted by Gasteiger charge is -2.25. The van der Waals surface area contributed by atoms with Crippen molar-refractivity contribution in [1.29, 1.82) is 0 Å². The monoisotopic (exact) mass is 506 g/mol. The number of aromatic nitrogens is 5. The SMILES string of the molecule is Cc1cc(C)n(CCN(CCCCc2ccc3c(n2)NCCC3)CCC(Nc2ccncn2)C(=O)O)n1. The quantitative estimate of drug-likeness (QED) is 0.283. The number of carboxylic acids is 1. The van der Waals surface area contributed by atoms with Crippen molar-refractivity contribution in [3.63, 3.8) is 0 Å². The molecule has 0 bridgehead atoms. The standard InChI is InChI=1S/C27H38N8O2/c1-20-18-21(2)35(33-20)17-16-34(15-11-24(27(36)37)32-25-10-13-28-19-30-25)14-4-3-7-23-9-8-22-6-5-12-29-26(22)31-23/h8-10,13,18-19,24H,3-7,11-12,14-17H2,1-2H3,(H,29,31)(H,36,37)(H,28,30,32). The van der Waals surface area contributed by atoms with Crippen LogP contribution in [-0.2, 0) is 24.2 Å². The second-order valence-electron chi connectivity index (χ2n) is 9.71. The molecule has 1 atom stereocenters. The molecule has 0 aromatic carbocycles. The summed E-state index contributed by atoms with van der Waals surface area (Å²) in [6, 6.07) is 7.40. The number of nitrogens with one attached hydrogen (secondary N) is 2. The Morgan fingerprint density at radius 1 is 1.22 bits per heavy atom. The number of aryl methyl sites for hydroxylation is 4. The first-order chi connectivity index (χ1) is 18.0. The van der Waals surface area contributed by atoms with Gasteiger partial charge in [-0.1, -0.05) is 6.07 Å². The van der Waals surface area contributed by atoms with Crippen molar-refractivity contribution in [3.8, 4) is 0 Å². The van der Waals surface area contributed by atoms with E-state index < -0.39 is 12.0 Å². The van der Waals surface area contributed by atoms with E-state index in [1.54, 1.807) is 12.3 Å². The van der Waals surface area contributed by atoms with Crippen LogP contribution in [0.3, 0.4) is 0 Å². The minimum Gasteiger partial charge on any atom is -0.480 e. The number of nitrogens with zero attached hydrogens (tertiary/aromatic N) is 6. The van der Waals surface area contributed by atoms with E-state index in [-0.39, 0.29) is 0 Å². The highest BCUT2D eigenvalue weighted by atomic mass is 16.4. The summed E-state index contributed by atoms with van der Waals surface area (Å²) in [5.74, 6) is 0.680. The molecule has 0 fully saturated rings. The molecule has 1 aliphatic heterocycles. The molecule has 0 saturated heterocycles. The molecular weight excluding hydrogens is 468 g/mol. The normalized spacial score (nSPS) is 13.7. The maximum absolute atomic E-state index is 11.9. The van der Waals surface area contributed by atoms with Gasteiger partial charge in [0.15, 0.2) is 0 Å². The van der Waals surface area contributed by atoms with Gasteiger partial charge in [0.2, 0.25) is 0 Å². The predicted octanol–water partition coefficient (Wildman–Crippen LogP) is 3.32. The van der Waals surface area contributed by atoms with Crippen LogP contribution in [0.1, 0.15) is 48.3 Å². The molecular formula is C27H38N8O2. The number of carboxylic acid groups (broad SMARTS) is 1. The number of aliphatic carboxylic acids is 1. The number of fused-ring (bicyclic) bond motifs is 1. The zero-order chi connectivity index (χ0) is 26.0. The number of pyridine rings is 1. The summed E-state index contributed by atoms with van der Waals surface area (Å²) in [6.07, 6.45) is 8.73. The van der Waals surface area contributed by atoms with Crippen LogP contribution in [0.2, 0.25) is 0 Å². The summed E-state index contributed by atoms with van der Waals surface area (Å²) in [6.45, 7) is 8.20. The summed E-state index contributed by atoms with van der Waals surface area (Å²) in [7, 11) is 0. The maximum Gasteiger partial charge on any atom is 0.326 e. The molecule has 0 saturated carbocycles. The van der Waals surface area contributed by atoms with Crippen LogP contribution >= 0.6 is 0 Å². The fraction of sp³-hybridized carbons (Fsp3) is 0.519. The number of rotatable bonds is 14. The van der Waals surface area contributed by atoms with Crippen molar-refractivity contribution in [2.24, 2.45) is 0 Å². The van der Waals surface area contributed by atoms with E-state index in [1.165, 1.54) is 18.3 Å². The van der Waals surface area contributed by atoms with Gasteiger partial charge in [-0.3, -0.25) is 4.68 Å². The molecule has 4 heterocycles. The molecule has 1 aliphatic rings. The topological polar surface area (TPSA) is 121 Å². The van der Waals surface area contributed by atoms with E-state index in [1.807, 2.05) is 11.6 Å². The average Bonchev–Trinajstić information content (AvgIpc) is 3.23. The van der Waals surface area contributed by atoms with Crippen LogP contribution in [0, 0.1) is 13.8 Å². The Labute approximate surface area is 218 Å². The minimum atomic E-state index is -0.885. The Morgan fingerprint density at radius 2 is 2.11 bits per heavy atom. The molecule has 3 aromatic heterocycles. The van der Waals surface area contributed by atoms with Gasteiger partial charge < -0.3 is 20.6 Å². The molecule has 3 N–H and O–H groups in total. The third-order valence-corrected chi connectivity index (χ3v) is 6.78. The number of hydrogen-bond acceptors (Lipinski definition) is 8. The molecule has 0 radical (unpaired) electrons. The third kappa shape index (κ3) is 7.98. The van der Waals surface area contributed by atoms with Gasteiger partial charge in [-0.05, 0) is 82.7 Å². The largest absolute Gasteiger partial charge is 0.480 e. The molecule has 0 aliphatic carbocycles. The van der Waals surface area contributed by atoms with E-state index in [0.717, 1.165) is 74.8 Å². The van der Waals surface area contributed by atoms with Gasteiger partial charge in [-0.25, -0.2) is 19.7 Å². The Balaban J connectivity index is 1.32. The fourth-order valence-corrected chi connectivity index (χ4v) is 4.75. The second-order valence-corrected chi connectivity index (χ2v) is 9.71. The molecule has 37 heavy (non-hydrogen) atoms. The summed E-state index contributed by atoms with van der Waals surface area (Å²) in [4.78, 5) is 27.1. The van der Waals surface area contributed by atoms with Crippen molar-refractivity contribution in [2.45, 2.75) is 65.0 Å². The van der Waals surface area contributed by atoms with E-state index in [2.05, 4.69) is 55.7 Å². The second kappa shape index (κ2) is 13.1. The van der Waals surface area contributed by atoms with Gasteiger partial charge in [-0.2, -0.15) is 5.10 Å². The fourth-order valence-electron chi connectivity index (χ4n) is 4.75. The first-order valence-corrected chi connectivity index (χ1v) is 13.2. The summed E-state index contributed by atoms with van der Waals surface area (Å²) >= 11 is 0. The number of anilines is 2. The van der Waals surface area contributed by atoms with Crippen molar-refractivity contribution >= 4 is 17.6 Å². The Bertz CT molecular complexity index is 1150. The molecule has 10 nitrogen and oxygen atoms in total.